The first kappa shape index (κ1) is 23.1. The minimum atomic E-state index is -0.271. The van der Waals surface area contributed by atoms with Gasteiger partial charge in [-0.2, -0.15) is 4.98 Å². The van der Waals surface area contributed by atoms with Crippen molar-refractivity contribution in [1.29, 1.82) is 0 Å². The summed E-state index contributed by atoms with van der Waals surface area (Å²) in [5, 5.41) is 14.6. The van der Waals surface area contributed by atoms with Gasteiger partial charge in [0.25, 0.3) is 5.89 Å². The van der Waals surface area contributed by atoms with Crippen LogP contribution in [-0.4, -0.2) is 35.9 Å². The molecule has 6 rings (SSSR count). The van der Waals surface area contributed by atoms with Crippen LogP contribution in [0.3, 0.4) is 0 Å². The van der Waals surface area contributed by atoms with E-state index in [4.69, 9.17) is 14.9 Å². The minimum Gasteiger partial charge on any atom is -0.379 e. The van der Waals surface area contributed by atoms with Crippen molar-refractivity contribution in [3.05, 3.63) is 78.4 Å². The summed E-state index contributed by atoms with van der Waals surface area (Å²) in [7, 11) is 0. The summed E-state index contributed by atoms with van der Waals surface area (Å²) < 4.78 is 12.0. The predicted molar refractivity (Wildman–Crippen MR) is 141 cm³/mol. The third-order valence-electron chi connectivity index (χ3n) is 6.14. The van der Waals surface area contributed by atoms with E-state index >= 15 is 0 Å². The molecule has 6 aromatic rings. The molecule has 3 heterocycles. The van der Waals surface area contributed by atoms with E-state index < -0.39 is 0 Å². The molecule has 3 aromatic heterocycles. The number of hydrogen-bond donors (Lipinski definition) is 2. The molecular formula is C27H22N8O3. The smallest absolute Gasteiger partial charge is 0.258 e. The zero-order chi connectivity index (χ0) is 26.1. The van der Waals surface area contributed by atoms with Gasteiger partial charge in [0.2, 0.25) is 11.7 Å². The summed E-state index contributed by atoms with van der Waals surface area (Å²) >= 11 is 0. The minimum absolute atomic E-state index is 0.0352. The lowest BCUT2D eigenvalue weighted by Crippen LogP contribution is -2.19. The van der Waals surface area contributed by atoms with E-state index in [9.17, 15) is 4.79 Å². The molecule has 11 heteroatoms. The Hall–Kier alpha value is -5.32. The fourth-order valence-corrected chi connectivity index (χ4v) is 4.33. The van der Waals surface area contributed by atoms with Gasteiger partial charge >= 0.3 is 0 Å². The molecule has 3 N–H and O–H groups in total. The van der Waals surface area contributed by atoms with E-state index in [1.54, 1.807) is 16.7 Å². The summed E-state index contributed by atoms with van der Waals surface area (Å²) in [6.45, 7) is 2.04. The fraction of sp³-hybridized carbons (Fsp3) is 0.111. The number of carbonyl (C=O) groups excluding carboxylic acids is 1. The second-order valence-electron chi connectivity index (χ2n) is 8.57. The molecule has 3 aromatic carbocycles. The number of para-hydroxylation sites is 2. The van der Waals surface area contributed by atoms with E-state index in [0.717, 1.165) is 23.1 Å². The van der Waals surface area contributed by atoms with Crippen molar-refractivity contribution in [1.82, 2.24) is 30.0 Å². The van der Waals surface area contributed by atoms with Gasteiger partial charge < -0.3 is 20.1 Å². The van der Waals surface area contributed by atoms with Crippen molar-refractivity contribution in [2.45, 2.75) is 19.9 Å². The lowest BCUT2D eigenvalue weighted by molar-refractivity contribution is -0.116. The maximum absolute atomic E-state index is 13.1. The summed E-state index contributed by atoms with van der Waals surface area (Å²) in [4.78, 5) is 22.3. The largest absolute Gasteiger partial charge is 0.379 e. The van der Waals surface area contributed by atoms with Crippen LogP contribution in [0.1, 0.15) is 12.5 Å². The normalized spacial score (nSPS) is 11.2. The van der Waals surface area contributed by atoms with Crippen molar-refractivity contribution in [3.63, 3.8) is 0 Å². The zero-order valence-electron chi connectivity index (χ0n) is 20.3. The Morgan fingerprint density at radius 1 is 0.974 bits per heavy atom. The molecule has 38 heavy (non-hydrogen) atoms. The standard InChI is InChI=1S/C27H22N8O3/c1-2-16-8-3-4-11-19(16)27-31-25(34-37-27)17-9-7-10-18(14-17)29-22(36)15-35-21-13-6-5-12-20(21)30-26(35)23-24(28)33-38-32-23/h3-14H,2,15H2,1H3,(H2,28,33)(H,29,36). The van der Waals surface area contributed by atoms with Crippen LogP contribution < -0.4 is 11.1 Å². The van der Waals surface area contributed by atoms with Crippen LogP contribution in [-0.2, 0) is 17.8 Å². The number of nitrogen functional groups attached to an aromatic ring is 1. The Morgan fingerprint density at radius 2 is 1.82 bits per heavy atom. The first-order chi connectivity index (χ1) is 18.6. The highest BCUT2D eigenvalue weighted by molar-refractivity contribution is 5.93. The second-order valence-corrected chi connectivity index (χ2v) is 8.57. The average Bonchev–Trinajstić information content (AvgIpc) is 3.68. The van der Waals surface area contributed by atoms with Crippen LogP contribution in [0.25, 0.3) is 45.4 Å². The van der Waals surface area contributed by atoms with Crippen LogP contribution in [0, 0.1) is 0 Å². The van der Waals surface area contributed by atoms with Gasteiger partial charge in [0, 0.05) is 16.8 Å². The van der Waals surface area contributed by atoms with Gasteiger partial charge in [-0.15, -0.1) is 0 Å². The molecule has 1 amide bonds. The summed E-state index contributed by atoms with van der Waals surface area (Å²) in [6, 6.07) is 22.6. The first-order valence-electron chi connectivity index (χ1n) is 12.0. The number of carbonyl (C=O) groups is 1. The van der Waals surface area contributed by atoms with E-state index in [1.807, 2.05) is 60.7 Å². The number of nitrogens with one attached hydrogen (secondary N) is 1. The monoisotopic (exact) mass is 506 g/mol. The Balaban J connectivity index is 1.25. The summed E-state index contributed by atoms with van der Waals surface area (Å²) in [6.07, 6.45) is 0.850. The maximum atomic E-state index is 13.1. The second kappa shape index (κ2) is 9.62. The van der Waals surface area contributed by atoms with Gasteiger partial charge in [0.05, 0.1) is 11.0 Å². The molecule has 0 fully saturated rings. The molecule has 0 spiro atoms. The topological polar surface area (TPSA) is 151 Å². The third kappa shape index (κ3) is 4.26. The molecule has 0 saturated heterocycles. The lowest BCUT2D eigenvalue weighted by atomic mass is 10.1. The Bertz CT molecular complexity index is 1770. The highest BCUT2D eigenvalue weighted by Crippen LogP contribution is 2.28. The maximum Gasteiger partial charge on any atom is 0.258 e. The molecule has 11 nitrogen and oxygen atoms in total. The zero-order valence-corrected chi connectivity index (χ0v) is 20.3. The quantitative estimate of drug-likeness (QED) is 0.317. The highest BCUT2D eigenvalue weighted by atomic mass is 16.6. The van der Waals surface area contributed by atoms with E-state index in [0.29, 0.717) is 34.3 Å². The summed E-state index contributed by atoms with van der Waals surface area (Å²) in [5.74, 6) is 1.09. The van der Waals surface area contributed by atoms with Crippen LogP contribution in [0.5, 0.6) is 0 Å². The lowest BCUT2D eigenvalue weighted by Gasteiger charge is -2.09. The number of nitrogens with zero attached hydrogens (tertiary/aromatic N) is 6. The number of aromatic nitrogens is 6. The van der Waals surface area contributed by atoms with Crippen molar-refractivity contribution in [2.24, 2.45) is 0 Å². The molecule has 0 unspecified atom stereocenters. The number of hydrogen-bond acceptors (Lipinski definition) is 9. The molecule has 0 saturated carbocycles. The third-order valence-corrected chi connectivity index (χ3v) is 6.14. The Labute approximate surface area is 216 Å². The Morgan fingerprint density at radius 3 is 2.66 bits per heavy atom. The van der Waals surface area contributed by atoms with E-state index in [2.05, 4.69) is 37.7 Å². The van der Waals surface area contributed by atoms with E-state index in [1.165, 1.54) is 0 Å². The number of fused-ring (bicyclic) bond motifs is 1. The van der Waals surface area contributed by atoms with Crippen LogP contribution >= 0.6 is 0 Å². The Kier molecular flexibility index (Phi) is 5.85. The van der Waals surface area contributed by atoms with Crippen LogP contribution in [0.2, 0.25) is 0 Å². The van der Waals surface area contributed by atoms with E-state index in [-0.39, 0.29) is 24.0 Å². The average molecular weight is 507 g/mol. The predicted octanol–water partition coefficient (Wildman–Crippen LogP) is 4.59. The van der Waals surface area contributed by atoms with Crippen molar-refractivity contribution in [2.75, 3.05) is 11.1 Å². The molecule has 0 atom stereocenters. The van der Waals surface area contributed by atoms with Gasteiger partial charge in [-0.05, 0) is 52.6 Å². The number of amides is 1. The van der Waals surface area contributed by atoms with Crippen LogP contribution in [0.4, 0.5) is 11.5 Å². The van der Waals surface area contributed by atoms with Crippen molar-refractivity contribution >= 4 is 28.4 Å². The molecule has 0 bridgehead atoms. The number of imidazole rings is 1. The number of aryl methyl sites for hydroxylation is 1. The van der Waals surface area contributed by atoms with Crippen LogP contribution in [0.15, 0.2) is 81.9 Å². The first-order valence-corrected chi connectivity index (χ1v) is 12.0. The van der Waals surface area contributed by atoms with Gasteiger partial charge in [0.1, 0.15) is 6.54 Å². The van der Waals surface area contributed by atoms with Gasteiger partial charge in [-0.1, -0.05) is 54.5 Å². The van der Waals surface area contributed by atoms with Gasteiger partial charge in [-0.3, -0.25) is 4.79 Å². The molecule has 0 radical (unpaired) electrons. The van der Waals surface area contributed by atoms with Crippen molar-refractivity contribution in [3.8, 4) is 34.4 Å². The van der Waals surface area contributed by atoms with Gasteiger partial charge in [-0.25, -0.2) is 9.61 Å². The number of rotatable bonds is 7. The highest BCUT2D eigenvalue weighted by Gasteiger charge is 2.21. The number of benzene rings is 3. The molecule has 188 valence electrons. The summed E-state index contributed by atoms with van der Waals surface area (Å²) in [5.41, 5.74) is 10.9. The van der Waals surface area contributed by atoms with Crippen molar-refractivity contribution < 1.29 is 13.9 Å². The van der Waals surface area contributed by atoms with Gasteiger partial charge in [0.15, 0.2) is 17.3 Å². The molecule has 0 aliphatic carbocycles. The molecule has 0 aliphatic rings. The fourth-order valence-electron chi connectivity index (χ4n) is 4.33. The number of anilines is 2. The molecule has 0 aliphatic heterocycles. The SMILES string of the molecule is CCc1ccccc1-c1nc(-c2cccc(NC(=O)Cn3c(-c4nonc4N)nc4ccccc43)c2)no1. The number of nitrogens with two attached hydrogens (primary N) is 1. The molecular weight excluding hydrogens is 484 g/mol.